The number of carbonyl (C=O) groups is 2. The second-order valence-corrected chi connectivity index (χ2v) is 5.91. The predicted octanol–water partition coefficient (Wildman–Crippen LogP) is 2.39. The zero-order chi connectivity index (χ0) is 22.8. The van der Waals surface area contributed by atoms with Crippen LogP contribution in [0.25, 0.3) is 0 Å². The summed E-state index contributed by atoms with van der Waals surface area (Å²) in [5.41, 5.74) is 2.36. The number of rotatable bonds is 9. The molecule has 166 valence electrons. The van der Waals surface area contributed by atoms with Gasteiger partial charge in [0.25, 0.3) is 0 Å². The van der Waals surface area contributed by atoms with Crippen molar-refractivity contribution in [3.63, 3.8) is 0 Å². The molecule has 0 atom stereocenters. The van der Waals surface area contributed by atoms with Crippen molar-refractivity contribution in [2.24, 2.45) is 0 Å². The van der Waals surface area contributed by atoms with Crippen molar-refractivity contribution < 1.29 is 39.5 Å². The van der Waals surface area contributed by atoms with Gasteiger partial charge in [0.1, 0.15) is 0 Å². The van der Waals surface area contributed by atoms with E-state index in [1.54, 1.807) is 50.2 Å². The molecule has 2 rings (SSSR count). The fourth-order valence-corrected chi connectivity index (χ4v) is 2.08. The van der Waals surface area contributed by atoms with Gasteiger partial charge in [-0.2, -0.15) is 0 Å². The number of aromatic carboxylic acids is 2. The van der Waals surface area contributed by atoms with E-state index in [2.05, 4.69) is 0 Å². The van der Waals surface area contributed by atoms with Gasteiger partial charge in [-0.05, 0) is 37.1 Å². The lowest BCUT2D eigenvalue weighted by molar-refractivity contribution is 0.0222. The maximum atomic E-state index is 10.4. The molecule has 0 aliphatic rings. The second kappa shape index (κ2) is 17.1. The standard InChI is InChI=1S/2C8H8O2.C6H14O4/c2*1-6-4-2-3-5-7(6)8(9)10;7-1-3-9-5-6-10-4-2-8/h2*2-5H,1H3,(H,9,10);7-8H,1-6H2. The van der Waals surface area contributed by atoms with E-state index >= 15 is 0 Å². The van der Waals surface area contributed by atoms with Gasteiger partial charge in [0.15, 0.2) is 0 Å². The lowest BCUT2D eigenvalue weighted by atomic mass is 10.1. The highest BCUT2D eigenvalue weighted by atomic mass is 16.5. The highest BCUT2D eigenvalue weighted by Gasteiger charge is 2.03. The summed E-state index contributed by atoms with van der Waals surface area (Å²) in [5.74, 6) is -1.73. The van der Waals surface area contributed by atoms with E-state index in [1.165, 1.54) is 0 Å². The van der Waals surface area contributed by atoms with Gasteiger partial charge >= 0.3 is 11.9 Å². The van der Waals surface area contributed by atoms with Crippen molar-refractivity contribution >= 4 is 11.9 Å². The Labute approximate surface area is 176 Å². The first-order valence-corrected chi connectivity index (χ1v) is 9.30. The van der Waals surface area contributed by atoms with E-state index in [0.29, 0.717) is 37.6 Å². The molecular weight excluding hydrogens is 392 g/mol. The molecule has 0 radical (unpaired) electrons. The van der Waals surface area contributed by atoms with Crippen LogP contribution in [-0.4, -0.2) is 72.0 Å². The summed E-state index contributed by atoms with van der Waals surface area (Å²) in [5, 5.41) is 33.7. The molecule has 0 heterocycles. The molecule has 0 saturated carbocycles. The van der Waals surface area contributed by atoms with Crippen LogP contribution >= 0.6 is 0 Å². The fourth-order valence-electron chi connectivity index (χ4n) is 2.08. The number of hydrogen-bond donors (Lipinski definition) is 4. The van der Waals surface area contributed by atoms with E-state index < -0.39 is 11.9 Å². The fraction of sp³-hybridized carbons (Fsp3) is 0.364. The molecule has 2 aromatic carbocycles. The first-order chi connectivity index (χ1) is 14.3. The molecule has 0 aromatic heterocycles. The minimum absolute atomic E-state index is 0.0417. The van der Waals surface area contributed by atoms with Crippen LogP contribution in [0.3, 0.4) is 0 Å². The summed E-state index contributed by atoms with van der Waals surface area (Å²) in [7, 11) is 0. The van der Waals surface area contributed by atoms with Crippen LogP contribution < -0.4 is 0 Å². The Morgan fingerprint density at radius 3 is 1.23 bits per heavy atom. The van der Waals surface area contributed by atoms with Gasteiger partial charge in [-0.25, -0.2) is 9.59 Å². The van der Waals surface area contributed by atoms with Crippen LogP contribution in [-0.2, 0) is 9.47 Å². The average Bonchev–Trinajstić information content (AvgIpc) is 2.72. The van der Waals surface area contributed by atoms with E-state index in [4.69, 9.17) is 29.9 Å². The zero-order valence-electron chi connectivity index (χ0n) is 17.3. The Morgan fingerprint density at radius 2 is 1.00 bits per heavy atom. The number of carboxylic acids is 2. The third kappa shape index (κ3) is 12.6. The quantitative estimate of drug-likeness (QED) is 0.453. The monoisotopic (exact) mass is 422 g/mol. The summed E-state index contributed by atoms with van der Waals surface area (Å²) in [6.45, 7) is 5.29. The summed E-state index contributed by atoms with van der Waals surface area (Å²) in [4.78, 5) is 20.8. The molecule has 30 heavy (non-hydrogen) atoms. The first kappa shape index (κ1) is 27.2. The van der Waals surface area contributed by atoms with Crippen LogP contribution in [0.1, 0.15) is 31.8 Å². The molecule has 0 amide bonds. The van der Waals surface area contributed by atoms with Crippen molar-refractivity contribution in [3.05, 3.63) is 70.8 Å². The third-order valence-corrected chi connectivity index (χ3v) is 3.59. The van der Waals surface area contributed by atoms with Crippen molar-refractivity contribution in [2.45, 2.75) is 13.8 Å². The Balaban J connectivity index is 0.000000420. The maximum absolute atomic E-state index is 10.4. The molecule has 0 fully saturated rings. The summed E-state index contributed by atoms with van der Waals surface area (Å²) >= 11 is 0. The molecular formula is C22H30O8. The third-order valence-electron chi connectivity index (χ3n) is 3.59. The number of ether oxygens (including phenoxy) is 2. The molecule has 0 spiro atoms. The molecule has 0 unspecified atom stereocenters. The number of aliphatic hydroxyl groups excluding tert-OH is 2. The van der Waals surface area contributed by atoms with Crippen LogP contribution in [0, 0.1) is 13.8 Å². The van der Waals surface area contributed by atoms with E-state index in [-0.39, 0.29) is 13.2 Å². The van der Waals surface area contributed by atoms with Gasteiger partial charge in [0, 0.05) is 0 Å². The first-order valence-electron chi connectivity index (χ1n) is 9.30. The largest absolute Gasteiger partial charge is 0.478 e. The van der Waals surface area contributed by atoms with Crippen LogP contribution in [0.15, 0.2) is 48.5 Å². The number of aryl methyl sites for hydroxylation is 2. The van der Waals surface area contributed by atoms with Gasteiger partial charge < -0.3 is 29.9 Å². The number of carboxylic acid groups (broad SMARTS) is 2. The zero-order valence-corrected chi connectivity index (χ0v) is 17.3. The van der Waals surface area contributed by atoms with Crippen molar-refractivity contribution in [1.29, 1.82) is 0 Å². The minimum atomic E-state index is -0.863. The Bertz CT molecular complexity index is 682. The summed E-state index contributed by atoms with van der Waals surface area (Å²) < 4.78 is 9.75. The minimum Gasteiger partial charge on any atom is -0.478 e. The van der Waals surface area contributed by atoms with Gasteiger partial charge in [-0.15, -0.1) is 0 Å². The van der Waals surface area contributed by atoms with E-state index in [0.717, 1.165) is 11.1 Å². The molecule has 8 heteroatoms. The van der Waals surface area contributed by atoms with Crippen molar-refractivity contribution in [3.8, 4) is 0 Å². The average molecular weight is 422 g/mol. The molecule has 0 aliphatic heterocycles. The maximum Gasteiger partial charge on any atom is 0.335 e. The van der Waals surface area contributed by atoms with Crippen LogP contribution in [0.5, 0.6) is 0 Å². The number of benzene rings is 2. The van der Waals surface area contributed by atoms with Gasteiger partial charge in [-0.1, -0.05) is 36.4 Å². The van der Waals surface area contributed by atoms with Crippen molar-refractivity contribution in [2.75, 3.05) is 39.6 Å². The predicted molar refractivity (Wildman–Crippen MR) is 112 cm³/mol. The molecule has 8 nitrogen and oxygen atoms in total. The molecule has 0 bridgehead atoms. The Hall–Kier alpha value is -2.78. The Kier molecular flexibility index (Phi) is 15.5. The number of hydrogen-bond acceptors (Lipinski definition) is 6. The van der Waals surface area contributed by atoms with E-state index in [1.807, 2.05) is 12.1 Å². The van der Waals surface area contributed by atoms with Crippen LogP contribution in [0.2, 0.25) is 0 Å². The normalized spacial score (nSPS) is 9.60. The molecule has 0 aliphatic carbocycles. The Morgan fingerprint density at radius 1 is 0.667 bits per heavy atom. The molecule has 4 N–H and O–H groups in total. The van der Waals surface area contributed by atoms with E-state index in [9.17, 15) is 9.59 Å². The SMILES string of the molecule is Cc1ccccc1C(=O)O.Cc1ccccc1C(=O)O.OCCOCCOCCO. The van der Waals surface area contributed by atoms with Gasteiger partial charge in [0.05, 0.1) is 50.8 Å². The van der Waals surface area contributed by atoms with Crippen molar-refractivity contribution in [1.82, 2.24) is 0 Å². The lowest BCUT2D eigenvalue weighted by Crippen LogP contribution is -2.09. The number of aliphatic hydroxyl groups is 2. The lowest BCUT2D eigenvalue weighted by Gasteiger charge is -2.01. The summed E-state index contributed by atoms with van der Waals surface area (Å²) in [6.07, 6.45) is 0. The highest BCUT2D eigenvalue weighted by Crippen LogP contribution is 2.06. The topological polar surface area (TPSA) is 134 Å². The molecule has 0 saturated heterocycles. The van der Waals surface area contributed by atoms with Gasteiger partial charge in [0.2, 0.25) is 0 Å². The van der Waals surface area contributed by atoms with Gasteiger partial charge in [-0.3, -0.25) is 0 Å². The van der Waals surface area contributed by atoms with Crippen LogP contribution in [0.4, 0.5) is 0 Å². The second-order valence-electron chi connectivity index (χ2n) is 5.91. The summed E-state index contributed by atoms with van der Waals surface area (Å²) in [6, 6.07) is 13.8. The smallest absolute Gasteiger partial charge is 0.335 e. The molecule has 2 aromatic rings. The highest BCUT2D eigenvalue weighted by molar-refractivity contribution is 5.89.